The monoisotopic (exact) mass is 403 g/mol. The molecule has 0 atom stereocenters. The molecule has 1 heterocycles. The molecule has 2 aromatic carbocycles. The van der Waals surface area contributed by atoms with E-state index in [1.807, 2.05) is 35.0 Å². The lowest BCUT2D eigenvalue weighted by Crippen LogP contribution is -2.15. The minimum atomic E-state index is -0.176. The molecule has 0 saturated heterocycles. The van der Waals surface area contributed by atoms with Crippen LogP contribution >= 0.6 is 23.4 Å². The maximum Gasteiger partial charge on any atom is 0.234 e. The van der Waals surface area contributed by atoms with Gasteiger partial charge in [0.25, 0.3) is 0 Å². The number of halogens is 1. The number of aromatic nitrogens is 2. The number of ether oxygens (including phenoxy) is 2. The third kappa shape index (κ3) is 4.75. The first-order chi connectivity index (χ1) is 13.1. The maximum atomic E-state index is 12.3. The van der Waals surface area contributed by atoms with Gasteiger partial charge in [-0.3, -0.25) is 9.36 Å². The Kier molecular flexibility index (Phi) is 6.26. The molecule has 6 nitrogen and oxygen atoms in total. The van der Waals surface area contributed by atoms with E-state index in [4.69, 9.17) is 21.1 Å². The van der Waals surface area contributed by atoms with Gasteiger partial charge < -0.3 is 14.8 Å². The van der Waals surface area contributed by atoms with Crippen molar-refractivity contribution < 1.29 is 14.3 Å². The highest BCUT2D eigenvalue weighted by molar-refractivity contribution is 7.99. The zero-order chi connectivity index (χ0) is 19.2. The summed E-state index contributed by atoms with van der Waals surface area (Å²) in [6, 6.07) is 12.7. The molecule has 3 aromatic rings. The summed E-state index contributed by atoms with van der Waals surface area (Å²) in [5.74, 6) is 1.35. The lowest BCUT2D eigenvalue weighted by Gasteiger charge is -2.11. The van der Waals surface area contributed by atoms with Crippen LogP contribution in [-0.2, 0) is 4.79 Å². The predicted molar refractivity (Wildman–Crippen MR) is 107 cm³/mol. The average molecular weight is 404 g/mol. The number of anilines is 1. The van der Waals surface area contributed by atoms with Gasteiger partial charge in [0.1, 0.15) is 11.5 Å². The van der Waals surface area contributed by atoms with Gasteiger partial charge in [0.05, 0.1) is 25.7 Å². The minimum Gasteiger partial charge on any atom is -0.497 e. The lowest BCUT2D eigenvalue weighted by atomic mass is 10.3. The Morgan fingerprint density at radius 2 is 1.96 bits per heavy atom. The van der Waals surface area contributed by atoms with Crippen LogP contribution in [0.5, 0.6) is 11.5 Å². The molecule has 1 N–H and O–H groups in total. The second-order valence-electron chi connectivity index (χ2n) is 5.46. The molecular formula is C19H18ClN3O3S. The topological polar surface area (TPSA) is 65.4 Å². The molecule has 3 rings (SSSR count). The van der Waals surface area contributed by atoms with Crippen LogP contribution in [0.25, 0.3) is 5.69 Å². The minimum absolute atomic E-state index is 0.176. The van der Waals surface area contributed by atoms with Gasteiger partial charge in [-0.15, -0.1) is 0 Å². The Bertz CT molecular complexity index is 928. The zero-order valence-electron chi connectivity index (χ0n) is 14.8. The second-order valence-corrected chi connectivity index (χ2v) is 6.84. The van der Waals surface area contributed by atoms with Crippen LogP contribution in [0.3, 0.4) is 0 Å². The Hall–Kier alpha value is -2.64. The summed E-state index contributed by atoms with van der Waals surface area (Å²) in [4.78, 5) is 16.7. The molecule has 1 amide bonds. The van der Waals surface area contributed by atoms with Crippen molar-refractivity contribution >= 4 is 35.0 Å². The molecule has 27 heavy (non-hydrogen) atoms. The van der Waals surface area contributed by atoms with Gasteiger partial charge in [-0.1, -0.05) is 23.4 Å². The number of methoxy groups -OCH3 is 2. The van der Waals surface area contributed by atoms with E-state index in [1.165, 1.54) is 11.8 Å². The number of rotatable bonds is 7. The summed E-state index contributed by atoms with van der Waals surface area (Å²) in [6.07, 6.45) is 3.55. The second kappa shape index (κ2) is 8.83. The van der Waals surface area contributed by atoms with Crippen molar-refractivity contribution in [3.05, 3.63) is 59.9 Å². The Morgan fingerprint density at radius 3 is 2.67 bits per heavy atom. The largest absolute Gasteiger partial charge is 0.497 e. The molecule has 0 bridgehead atoms. The molecule has 0 spiro atoms. The molecule has 0 aliphatic carbocycles. The summed E-state index contributed by atoms with van der Waals surface area (Å²) in [5.41, 5.74) is 1.47. The van der Waals surface area contributed by atoms with Crippen LogP contribution in [0.15, 0.2) is 60.0 Å². The van der Waals surface area contributed by atoms with Crippen LogP contribution in [-0.4, -0.2) is 35.4 Å². The Balaban J connectivity index is 1.66. The van der Waals surface area contributed by atoms with E-state index in [0.717, 1.165) is 11.4 Å². The maximum absolute atomic E-state index is 12.3. The highest BCUT2D eigenvalue weighted by atomic mass is 35.5. The van der Waals surface area contributed by atoms with Crippen LogP contribution in [0.2, 0.25) is 5.02 Å². The number of benzene rings is 2. The number of imidazole rings is 1. The fourth-order valence-corrected chi connectivity index (χ4v) is 3.38. The molecule has 8 heteroatoms. The van der Waals surface area contributed by atoms with Gasteiger partial charge in [0.15, 0.2) is 5.16 Å². The normalized spacial score (nSPS) is 10.5. The molecule has 0 saturated carbocycles. The molecule has 1 aromatic heterocycles. The van der Waals surface area contributed by atoms with Crippen LogP contribution in [0, 0.1) is 0 Å². The highest BCUT2D eigenvalue weighted by Gasteiger charge is 2.12. The number of hydrogen-bond donors (Lipinski definition) is 1. The molecule has 140 valence electrons. The van der Waals surface area contributed by atoms with Crippen molar-refractivity contribution in [1.82, 2.24) is 9.55 Å². The van der Waals surface area contributed by atoms with Crippen molar-refractivity contribution in [2.45, 2.75) is 5.16 Å². The predicted octanol–water partition coefficient (Wildman–Crippen LogP) is 4.27. The summed E-state index contributed by atoms with van der Waals surface area (Å²) in [7, 11) is 3.17. The number of carbonyl (C=O) groups is 1. The number of nitrogens with zero attached hydrogens (tertiary/aromatic N) is 2. The fourth-order valence-electron chi connectivity index (χ4n) is 2.43. The van der Waals surface area contributed by atoms with Crippen molar-refractivity contribution in [3.8, 4) is 17.2 Å². The number of nitrogens with one attached hydrogen (secondary N) is 1. The van der Waals surface area contributed by atoms with Crippen molar-refractivity contribution in [1.29, 1.82) is 0 Å². The van der Waals surface area contributed by atoms with Gasteiger partial charge in [-0.2, -0.15) is 0 Å². The van der Waals surface area contributed by atoms with Crippen LogP contribution in [0.1, 0.15) is 0 Å². The lowest BCUT2D eigenvalue weighted by molar-refractivity contribution is -0.113. The van der Waals surface area contributed by atoms with Gasteiger partial charge in [-0.05, 0) is 42.5 Å². The summed E-state index contributed by atoms with van der Waals surface area (Å²) in [6.45, 7) is 0. The van der Waals surface area contributed by atoms with Crippen molar-refractivity contribution in [3.63, 3.8) is 0 Å². The number of amides is 1. The van der Waals surface area contributed by atoms with E-state index in [2.05, 4.69) is 10.3 Å². The van der Waals surface area contributed by atoms with E-state index >= 15 is 0 Å². The quantitative estimate of drug-likeness (QED) is 0.596. The van der Waals surface area contributed by atoms with Gasteiger partial charge in [-0.25, -0.2) is 4.98 Å². The van der Waals surface area contributed by atoms with Gasteiger partial charge >= 0.3 is 0 Å². The zero-order valence-corrected chi connectivity index (χ0v) is 16.4. The summed E-state index contributed by atoms with van der Waals surface area (Å²) < 4.78 is 12.3. The third-order valence-corrected chi connectivity index (χ3v) is 4.93. The highest BCUT2D eigenvalue weighted by Crippen LogP contribution is 2.28. The van der Waals surface area contributed by atoms with E-state index in [1.54, 1.807) is 38.6 Å². The van der Waals surface area contributed by atoms with E-state index < -0.39 is 0 Å². The molecule has 0 unspecified atom stereocenters. The number of hydrogen-bond acceptors (Lipinski definition) is 5. The van der Waals surface area contributed by atoms with E-state index in [9.17, 15) is 4.79 Å². The third-order valence-electron chi connectivity index (χ3n) is 3.73. The van der Waals surface area contributed by atoms with Gasteiger partial charge in [0.2, 0.25) is 5.91 Å². The van der Waals surface area contributed by atoms with E-state index in [-0.39, 0.29) is 11.7 Å². The number of carbonyl (C=O) groups excluding carboxylic acids is 1. The van der Waals surface area contributed by atoms with Crippen LogP contribution in [0.4, 0.5) is 5.69 Å². The Morgan fingerprint density at radius 1 is 1.19 bits per heavy atom. The SMILES string of the molecule is COc1ccc(-n2ccnc2SCC(=O)Nc2cc(Cl)ccc2OC)cc1. The summed E-state index contributed by atoms with van der Waals surface area (Å²) >= 11 is 7.33. The molecule has 0 aliphatic heterocycles. The smallest absolute Gasteiger partial charge is 0.234 e. The summed E-state index contributed by atoms with van der Waals surface area (Å²) in [5, 5.41) is 4.05. The first kappa shape index (κ1) is 19.1. The van der Waals surface area contributed by atoms with Crippen molar-refractivity contribution in [2.24, 2.45) is 0 Å². The van der Waals surface area contributed by atoms with Crippen molar-refractivity contribution in [2.75, 3.05) is 25.3 Å². The Labute approximate surface area is 166 Å². The molecule has 0 radical (unpaired) electrons. The van der Waals surface area contributed by atoms with Gasteiger partial charge in [0, 0.05) is 23.1 Å². The standard InChI is InChI=1S/C19H18ClN3O3S/c1-25-15-6-4-14(5-7-15)23-10-9-21-19(23)27-12-18(24)22-16-11-13(20)3-8-17(16)26-2/h3-11H,12H2,1-2H3,(H,22,24). The molecule has 0 fully saturated rings. The molecule has 0 aliphatic rings. The fraction of sp³-hybridized carbons (Fsp3) is 0.158. The first-order valence-electron chi connectivity index (χ1n) is 8.04. The molecular weight excluding hydrogens is 386 g/mol. The number of thioether (sulfide) groups is 1. The van der Waals surface area contributed by atoms with Crippen LogP contribution < -0.4 is 14.8 Å². The van der Waals surface area contributed by atoms with E-state index in [0.29, 0.717) is 21.6 Å². The average Bonchev–Trinajstić information content (AvgIpc) is 3.15. The first-order valence-corrected chi connectivity index (χ1v) is 9.41.